The summed E-state index contributed by atoms with van der Waals surface area (Å²) < 4.78 is 5.94. The van der Waals surface area contributed by atoms with Crippen LogP contribution in [0.5, 0.6) is 11.5 Å². The van der Waals surface area contributed by atoms with Crippen LogP contribution >= 0.6 is 0 Å². The summed E-state index contributed by atoms with van der Waals surface area (Å²) in [6.45, 7) is 0.308. The lowest BCUT2D eigenvalue weighted by Gasteiger charge is -2.16. The third-order valence-electron chi connectivity index (χ3n) is 4.13. The fourth-order valence-corrected chi connectivity index (χ4v) is 2.82. The molecular formula is C23H20O4. The van der Waals surface area contributed by atoms with E-state index >= 15 is 0 Å². The van der Waals surface area contributed by atoms with Crippen molar-refractivity contribution in [2.45, 2.75) is 13.0 Å². The van der Waals surface area contributed by atoms with Gasteiger partial charge in [-0.3, -0.25) is 0 Å². The summed E-state index contributed by atoms with van der Waals surface area (Å²) in [6, 6.07) is 22.7. The van der Waals surface area contributed by atoms with E-state index in [-0.39, 0.29) is 5.75 Å². The third kappa shape index (κ3) is 4.98. The van der Waals surface area contributed by atoms with E-state index in [1.165, 1.54) is 12.1 Å². The lowest BCUT2D eigenvalue weighted by atomic mass is 9.97. The molecule has 136 valence electrons. The summed E-state index contributed by atoms with van der Waals surface area (Å²) in [7, 11) is 0. The SMILES string of the molecule is O=C(O)C=Cc1ccc(O)c(OCc2ccccc2)c1Cc1ccccc1. The van der Waals surface area contributed by atoms with Gasteiger partial charge in [-0.25, -0.2) is 4.79 Å². The Morgan fingerprint density at radius 1 is 0.889 bits per heavy atom. The number of benzene rings is 3. The first-order chi connectivity index (χ1) is 13.1. The molecule has 27 heavy (non-hydrogen) atoms. The Hall–Kier alpha value is -3.53. The summed E-state index contributed by atoms with van der Waals surface area (Å²) in [5.74, 6) is -0.625. The van der Waals surface area contributed by atoms with Gasteiger partial charge in [0.15, 0.2) is 11.5 Å². The van der Waals surface area contributed by atoms with E-state index in [0.29, 0.717) is 24.3 Å². The third-order valence-corrected chi connectivity index (χ3v) is 4.13. The molecule has 0 atom stereocenters. The van der Waals surface area contributed by atoms with Crippen molar-refractivity contribution in [3.63, 3.8) is 0 Å². The van der Waals surface area contributed by atoms with E-state index in [9.17, 15) is 9.90 Å². The van der Waals surface area contributed by atoms with Gasteiger partial charge in [-0.2, -0.15) is 0 Å². The first-order valence-corrected chi connectivity index (χ1v) is 8.60. The van der Waals surface area contributed by atoms with E-state index in [1.54, 1.807) is 6.07 Å². The quantitative estimate of drug-likeness (QED) is 0.602. The zero-order valence-corrected chi connectivity index (χ0v) is 14.7. The Morgan fingerprint density at radius 3 is 2.15 bits per heavy atom. The highest BCUT2D eigenvalue weighted by Crippen LogP contribution is 2.35. The van der Waals surface area contributed by atoms with Crippen LogP contribution < -0.4 is 4.74 Å². The maximum Gasteiger partial charge on any atom is 0.328 e. The first kappa shape index (κ1) is 18.3. The number of hydrogen-bond donors (Lipinski definition) is 2. The maximum atomic E-state index is 10.9. The number of carbonyl (C=O) groups is 1. The largest absolute Gasteiger partial charge is 0.504 e. The van der Waals surface area contributed by atoms with Crippen molar-refractivity contribution in [2.75, 3.05) is 0 Å². The van der Waals surface area contributed by atoms with Crippen LogP contribution in [-0.4, -0.2) is 16.2 Å². The zero-order chi connectivity index (χ0) is 19.1. The maximum absolute atomic E-state index is 10.9. The highest BCUT2D eigenvalue weighted by atomic mass is 16.5. The van der Waals surface area contributed by atoms with Crippen LogP contribution in [0.25, 0.3) is 6.08 Å². The summed E-state index contributed by atoms with van der Waals surface area (Å²) in [4.78, 5) is 10.9. The van der Waals surface area contributed by atoms with Crippen LogP contribution in [0.4, 0.5) is 0 Å². The number of carboxylic acid groups (broad SMARTS) is 1. The van der Waals surface area contributed by atoms with Gasteiger partial charge in [0.25, 0.3) is 0 Å². The van der Waals surface area contributed by atoms with Crippen molar-refractivity contribution in [1.29, 1.82) is 0 Å². The molecule has 4 heteroatoms. The molecule has 0 bridgehead atoms. The van der Waals surface area contributed by atoms with Gasteiger partial charge in [-0.1, -0.05) is 66.7 Å². The van der Waals surface area contributed by atoms with Crippen molar-refractivity contribution in [2.24, 2.45) is 0 Å². The Kier molecular flexibility index (Phi) is 5.90. The van der Waals surface area contributed by atoms with Crippen LogP contribution in [0.15, 0.2) is 78.9 Å². The molecule has 3 rings (SSSR count). The fourth-order valence-electron chi connectivity index (χ4n) is 2.82. The summed E-state index contributed by atoms with van der Waals surface area (Å²) in [6.07, 6.45) is 3.12. The van der Waals surface area contributed by atoms with Crippen LogP contribution in [0.1, 0.15) is 22.3 Å². The summed E-state index contributed by atoms with van der Waals surface area (Å²) in [5.41, 5.74) is 3.46. The van der Waals surface area contributed by atoms with Crippen LogP contribution in [0.3, 0.4) is 0 Å². The number of carboxylic acids is 1. The van der Waals surface area contributed by atoms with Gasteiger partial charge in [0.1, 0.15) is 6.61 Å². The predicted octanol–water partition coefficient (Wildman–Crippen LogP) is 4.66. The van der Waals surface area contributed by atoms with Gasteiger partial charge < -0.3 is 14.9 Å². The van der Waals surface area contributed by atoms with E-state index in [2.05, 4.69) is 0 Å². The van der Waals surface area contributed by atoms with Crippen molar-refractivity contribution >= 4 is 12.0 Å². The molecule has 4 nitrogen and oxygen atoms in total. The molecule has 3 aromatic rings. The second-order valence-electron chi connectivity index (χ2n) is 6.09. The van der Waals surface area contributed by atoms with Gasteiger partial charge in [0, 0.05) is 18.1 Å². The summed E-state index contributed by atoms with van der Waals surface area (Å²) >= 11 is 0. The minimum atomic E-state index is -1.03. The molecule has 0 aromatic heterocycles. The van der Waals surface area contributed by atoms with Crippen LogP contribution in [-0.2, 0) is 17.8 Å². The lowest BCUT2D eigenvalue weighted by molar-refractivity contribution is -0.131. The Bertz CT molecular complexity index is 931. The van der Waals surface area contributed by atoms with Gasteiger partial charge >= 0.3 is 5.97 Å². The molecule has 0 saturated carbocycles. The molecule has 3 aromatic carbocycles. The number of phenolic OH excluding ortho intramolecular Hbond substituents is 1. The molecule has 0 amide bonds. The Morgan fingerprint density at radius 2 is 1.52 bits per heavy atom. The highest BCUT2D eigenvalue weighted by Gasteiger charge is 2.15. The van der Waals surface area contributed by atoms with Crippen molar-refractivity contribution in [1.82, 2.24) is 0 Å². The van der Waals surface area contributed by atoms with E-state index in [4.69, 9.17) is 9.84 Å². The Labute approximate surface area is 158 Å². The monoisotopic (exact) mass is 360 g/mol. The predicted molar refractivity (Wildman–Crippen MR) is 105 cm³/mol. The molecule has 0 radical (unpaired) electrons. The number of rotatable bonds is 7. The average molecular weight is 360 g/mol. The molecule has 0 fully saturated rings. The lowest BCUT2D eigenvalue weighted by Crippen LogP contribution is -2.02. The number of ether oxygens (including phenoxy) is 1. The second kappa shape index (κ2) is 8.72. The van der Waals surface area contributed by atoms with Crippen LogP contribution in [0, 0.1) is 0 Å². The first-order valence-electron chi connectivity index (χ1n) is 8.60. The molecule has 0 aliphatic rings. The summed E-state index contributed by atoms with van der Waals surface area (Å²) in [5, 5.41) is 19.3. The fraction of sp³-hybridized carbons (Fsp3) is 0.0870. The van der Waals surface area contributed by atoms with Crippen molar-refractivity contribution < 1.29 is 19.7 Å². The zero-order valence-electron chi connectivity index (χ0n) is 14.7. The highest BCUT2D eigenvalue weighted by molar-refractivity contribution is 5.86. The van der Waals surface area contributed by atoms with Crippen LogP contribution in [0.2, 0.25) is 0 Å². The van der Waals surface area contributed by atoms with Gasteiger partial charge in [-0.05, 0) is 28.8 Å². The molecule has 2 N–H and O–H groups in total. The standard InChI is InChI=1S/C23H20O4/c24-21-13-11-19(12-14-22(25)26)20(15-17-7-3-1-4-8-17)23(21)27-16-18-9-5-2-6-10-18/h1-14,24H,15-16H2,(H,25,26). The van der Waals surface area contributed by atoms with E-state index in [0.717, 1.165) is 22.8 Å². The number of aromatic hydroxyl groups is 1. The molecule has 0 aliphatic carbocycles. The van der Waals surface area contributed by atoms with Gasteiger partial charge in [-0.15, -0.1) is 0 Å². The number of phenols is 1. The van der Waals surface area contributed by atoms with Gasteiger partial charge in [0.05, 0.1) is 0 Å². The number of hydrogen-bond acceptors (Lipinski definition) is 3. The van der Waals surface area contributed by atoms with E-state index in [1.807, 2.05) is 60.7 Å². The second-order valence-corrected chi connectivity index (χ2v) is 6.09. The number of aliphatic carboxylic acids is 1. The smallest absolute Gasteiger partial charge is 0.328 e. The molecule has 0 heterocycles. The van der Waals surface area contributed by atoms with Crippen molar-refractivity contribution in [3.8, 4) is 11.5 Å². The molecule has 0 unspecified atom stereocenters. The van der Waals surface area contributed by atoms with Crippen molar-refractivity contribution in [3.05, 3.63) is 101 Å². The molecule has 0 spiro atoms. The average Bonchev–Trinajstić information content (AvgIpc) is 2.68. The molecule has 0 aliphatic heterocycles. The Balaban J connectivity index is 1.98. The van der Waals surface area contributed by atoms with E-state index < -0.39 is 5.97 Å². The minimum Gasteiger partial charge on any atom is -0.504 e. The normalized spacial score (nSPS) is 10.8. The van der Waals surface area contributed by atoms with Gasteiger partial charge in [0.2, 0.25) is 0 Å². The molecular weight excluding hydrogens is 340 g/mol. The topological polar surface area (TPSA) is 66.8 Å². The molecule has 0 saturated heterocycles. The minimum absolute atomic E-state index is 0.0318.